The summed E-state index contributed by atoms with van der Waals surface area (Å²) in [5.74, 6) is 0.414. The van der Waals surface area contributed by atoms with Crippen LogP contribution in [0.3, 0.4) is 0 Å². The first-order valence-electron chi connectivity index (χ1n) is 2.60. The lowest BCUT2D eigenvalue weighted by molar-refractivity contribution is 0.867. The van der Waals surface area contributed by atoms with Gasteiger partial charge in [-0.05, 0) is 16.5 Å². The standard InChI is InChI=1S/C4H2N6/c1-2-5-9-7-4-3(1)6-10-8-4/h1-2H. The van der Waals surface area contributed by atoms with Gasteiger partial charge in [0.05, 0.1) is 6.20 Å². The van der Waals surface area contributed by atoms with Gasteiger partial charge in [0, 0.05) is 0 Å². The maximum atomic E-state index is 3.66. The molecule has 0 amide bonds. The van der Waals surface area contributed by atoms with Crippen LogP contribution in [0, 0.1) is 0 Å². The summed E-state index contributed by atoms with van der Waals surface area (Å²) in [7, 11) is 0. The molecule has 2 heterocycles. The first-order chi connectivity index (χ1) is 4.97. The van der Waals surface area contributed by atoms with E-state index < -0.39 is 0 Å². The summed E-state index contributed by atoms with van der Waals surface area (Å²) in [4.78, 5) is 0. The smallest absolute Gasteiger partial charge is 0.139 e. The van der Waals surface area contributed by atoms with Crippen LogP contribution >= 0.6 is 0 Å². The van der Waals surface area contributed by atoms with E-state index in [2.05, 4.69) is 30.8 Å². The van der Waals surface area contributed by atoms with Gasteiger partial charge in [0.15, 0.2) is 0 Å². The van der Waals surface area contributed by atoms with Crippen LogP contribution in [0.5, 0.6) is 0 Å². The lowest BCUT2D eigenvalue weighted by Crippen LogP contribution is -1.80. The van der Waals surface area contributed by atoms with E-state index in [9.17, 15) is 0 Å². The van der Waals surface area contributed by atoms with Crippen molar-refractivity contribution in [2.45, 2.75) is 0 Å². The molecule has 0 atom stereocenters. The van der Waals surface area contributed by atoms with Gasteiger partial charge in [0.1, 0.15) is 5.69 Å². The Morgan fingerprint density at radius 3 is 2.90 bits per heavy atom. The normalized spacial score (nSPS) is 10.0. The van der Waals surface area contributed by atoms with E-state index in [0.29, 0.717) is 11.5 Å². The zero-order valence-electron chi connectivity index (χ0n) is 4.84. The van der Waals surface area contributed by atoms with Crippen LogP contribution in [-0.4, -0.2) is 30.8 Å². The van der Waals surface area contributed by atoms with E-state index in [1.54, 1.807) is 6.07 Å². The van der Waals surface area contributed by atoms with E-state index in [1.165, 1.54) is 6.20 Å². The van der Waals surface area contributed by atoms with Crippen molar-refractivity contribution in [2.75, 3.05) is 0 Å². The Bertz CT molecular complexity index is 281. The third kappa shape index (κ3) is 0.661. The summed E-state index contributed by atoms with van der Waals surface area (Å²) >= 11 is 0. The molecule has 2 aliphatic rings. The molecule has 0 radical (unpaired) electrons. The summed E-state index contributed by atoms with van der Waals surface area (Å²) in [5, 5.41) is 21.2. The monoisotopic (exact) mass is 134 g/mol. The topological polar surface area (TPSA) is 77.3 Å². The molecule has 2 rings (SSSR count). The second kappa shape index (κ2) is 1.90. The van der Waals surface area contributed by atoms with Gasteiger partial charge in [-0.15, -0.1) is 20.4 Å². The minimum absolute atomic E-state index is 0.414. The highest BCUT2D eigenvalue weighted by atomic mass is 15.4. The minimum Gasteiger partial charge on any atom is -0.139 e. The fourth-order valence-electron chi connectivity index (χ4n) is 0.590. The predicted molar refractivity (Wildman–Crippen MR) is 29.8 cm³/mol. The molecule has 6 heteroatoms. The molecule has 0 aromatic heterocycles. The van der Waals surface area contributed by atoms with Crippen LogP contribution in [0.1, 0.15) is 0 Å². The van der Waals surface area contributed by atoms with Gasteiger partial charge in [-0.25, -0.2) is 0 Å². The molecule has 0 aromatic carbocycles. The zero-order chi connectivity index (χ0) is 6.81. The van der Waals surface area contributed by atoms with E-state index in [1.807, 2.05) is 0 Å². The number of hydrogen-bond acceptors (Lipinski definition) is 6. The van der Waals surface area contributed by atoms with Crippen molar-refractivity contribution in [3.05, 3.63) is 12.3 Å². The SMILES string of the molecule is c1cc2nnnc-2nnn1. The van der Waals surface area contributed by atoms with E-state index in [0.717, 1.165) is 0 Å². The lowest BCUT2D eigenvalue weighted by atomic mass is 10.4. The molecule has 0 aromatic rings. The number of aromatic nitrogens is 6. The quantitative estimate of drug-likeness (QED) is 0.467. The van der Waals surface area contributed by atoms with Crippen molar-refractivity contribution in [2.24, 2.45) is 0 Å². The summed E-state index contributed by atoms with van der Waals surface area (Å²) in [6.45, 7) is 0. The Labute approximate surface area is 55.7 Å². The van der Waals surface area contributed by atoms with Gasteiger partial charge < -0.3 is 0 Å². The van der Waals surface area contributed by atoms with Crippen LogP contribution in [-0.2, 0) is 0 Å². The molecule has 0 unspecified atom stereocenters. The molecule has 0 aliphatic carbocycles. The van der Waals surface area contributed by atoms with Gasteiger partial charge in [-0.3, -0.25) is 0 Å². The van der Waals surface area contributed by atoms with Crippen molar-refractivity contribution in [1.82, 2.24) is 30.8 Å². The Morgan fingerprint density at radius 2 is 1.90 bits per heavy atom. The summed E-state index contributed by atoms with van der Waals surface area (Å²) < 4.78 is 0. The van der Waals surface area contributed by atoms with Crippen LogP contribution in [0.4, 0.5) is 0 Å². The second-order valence-corrected chi connectivity index (χ2v) is 1.62. The van der Waals surface area contributed by atoms with Crippen LogP contribution in [0.2, 0.25) is 0 Å². The highest BCUT2D eigenvalue weighted by molar-refractivity contribution is 5.45. The molecule has 0 spiro atoms. The van der Waals surface area contributed by atoms with Crippen molar-refractivity contribution < 1.29 is 0 Å². The van der Waals surface area contributed by atoms with E-state index >= 15 is 0 Å². The maximum absolute atomic E-state index is 3.66. The molecule has 2 aliphatic heterocycles. The maximum Gasteiger partial charge on any atom is 0.227 e. The predicted octanol–water partition coefficient (Wildman–Crippen LogP) is -0.839. The largest absolute Gasteiger partial charge is 0.227 e. The average molecular weight is 134 g/mol. The molecule has 0 fully saturated rings. The third-order valence-electron chi connectivity index (χ3n) is 1.01. The first kappa shape index (κ1) is 5.10. The van der Waals surface area contributed by atoms with E-state index in [-0.39, 0.29) is 0 Å². The van der Waals surface area contributed by atoms with Crippen LogP contribution in [0.25, 0.3) is 11.5 Å². The number of hydrogen-bond donors (Lipinski definition) is 0. The molecule has 0 bridgehead atoms. The molecule has 6 nitrogen and oxygen atoms in total. The van der Waals surface area contributed by atoms with Gasteiger partial charge in [-0.2, -0.15) is 0 Å². The van der Waals surface area contributed by atoms with E-state index in [4.69, 9.17) is 0 Å². The molecular weight excluding hydrogens is 132 g/mol. The van der Waals surface area contributed by atoms with Gasteiger partial charge in [0.25, 0.3) is 0 Å². The number of fused-ring (bicyclic) bond motifs is 1. The van der Waals surface area contributed by atoms with Crippen molar-refractivity contribution in [1.29, 1.82) is 0 Å². The number of nitrogens with zero attached hydrogens (tertiary/aromatic N) is 6. The summed E-state index contributed by atoms with van der Waals surface area (Å²) in [6, 6.07) is 1.65. The van der Waals surface area contributed by atoms with Gasteiger partial charge in [0.2, 0.25) is 5.82 Å². The summed E-state index contributed by atoms with van der Waals surface area (Å²) in [5.41, 5.74) is 0.602. The van der Waals surface area contributed by atoms with Gasteiger partial charge in [-0.1, -0.05) is 0 Å². The lowest BCUT2D eigenvalue weighted by Gasteiger charge is -1.74. The Kier molecular flexibility index (Phi) is 0.970. The molecule has 0 saturated heterocycles. The fourth-order valence-corrected chi connectivity index (χ4v) is 0.590. The molecule has 0 saturated carbocycles. The zero-order valence-corrected chi connectivity index (χ0v) is 4.84. The third-order valence-corrected chi connectivity index (χ3v) is 1.01. The van der Waals surface area contributed by atoms with Crippen LogP contribution < -0.4 is 0 Å². The van der Waals surface area contributed by atoms with Crippen molar-refractivity contribution in [3.63, 3.8) is 0 Å². The highest BCUT2D eigenvalue weighted by Gasteiger charge is 2.04. The fraction of sp³-hybridized carbons (Fsp3) is 0. The molecule has 10 heavy (non-hydrogen) atoms. The van der Waals surface area contributed by atoms with Crippen molar-refractivity contribution in [3.8, 4) is 11.5 Å². The highest BCUT2D eigenvalue weighted by Crippen LogP contribution is 2.05. The number of rotatable bonds is 0. The second-order valence-electron chi connectivity index (χ2n) is 1.62. The molecular formula is C4H2N6. The Hall–Kier alpha value is -1.72. The van der Waals surface area contributed by atoms with Crippen LogP contribution in [0.15, 0.2) is 12.3 Å². The Morgan fingerprint density at radius 1 is 1.00 bits per heavy atom. The van der Waals surface area contributed by atoms with Gasteiger partial charge >= 0.3 is 0 Å². The average Bonchev–Trinajstić information content (AvgIpc) is 2.28. The molecule has 48 valence electrons. The Balaban J connectivity index is 2.74. The van der Waals surface area contributed by atoms with Crippen molar-refractivity contribution >= 4 is 0 Å². The first-order valence-corrected chi connectivity index (χ1v) is 2.60. The molecule has 0 N–H and O–H groups in total. The minimum atomic E-state index is 0.414. The summed E-state index contributed by atoms with van der Waals surface area (Å²) in [6.07, 6.45) is 1.49.